The number of carbonyl (C=O) groups excluding carboxylic acids is 2. The summed E-state index contributed by atoms with van der Waals surface area (Å²) in [5, 5.41) is 2.67. The van der Waals surface area contributed by atoms with Gasteiger partial charge >= 0.3 is 0 Å². The van der Waals surface area contributed by atoms with Crippen LogP contribution in [0, 0.1) is 0 Å². The molecule has 1 aromatic heterocycles. The van der Waals surface area contributed by atoms with Crippen LogP contribution in [0.25, 0.3) is 0 Å². The average Bonchev–Trinajstić information content (AvgIpc) is 2.79. The van der Waals surface area contributed by atoms with Gasteiger partial charge in [-0.3, -0.25) is 9.59 Å². The number of nitrogen functional groups attached to an aromatic ring is 1. The summed E-state index contributed by atoms with van der Waals surface area (Å²) in [4.78, 5) is 27.6. The number of likely N-dealkylation sites (N-methyl/N-ethyl adjacent to an activating group) is 1. The number of amides is 2. The zero-order chi connectivity index (χ0) is 11.7. The molecule has 1 aliphatic rings. The Kier molecular flexibility index (Phi) is 2.55. The quantitative estimate of drug-likeness (QED) is 0.633. The second-order valence-electron chi connectivity index (χ2n) is 3.92. The van der Waals surface area contributed by atoms with Crippen LogP contribution in [0.1, 0.15) is 16.9 Å². The first-order valence-corrected chi connectivity index (χ1v) is 5.07. The van der Waals surface area contributed by atoms with Gasteiger partial charge in [0.15, 0.2) is 0 Å². The second kappa shape index (κ2) is 3.88. The van der Waals surface area contributed by atoms with Gasteiger partial charge in [0, 0.05) is 25.5 Å². The Bertz CT molecular complexity index is 426. The smallest absolute Gasteiger partial charge is 0.268 e. The summed E-state index contributed by atoms with van der Waals surface area (Å²) in [6.45, 7) is 0.677. The third-order valence-electron chi connectivity index (χ3n) is 2.68. The number of likely N-dealkylation sites (tertiary alicyclic amines) is 1. The molecule has 86 valence electrons. The minimum atomic E-state index is -0.415. The minimum Gasteiger partial charge on any atom is -0.397 e. The fourth-order valence-corrected chi connectivity index (χ4v) is 1.73. The van der Waals surface area contributed by atoms with Crippen LogP contribution in [-0.4, -0.2) is 41.3 Å². The van der Waals surface area contributed by atoms with Gasteiger partial charge in [0.1, 0.15) is 11.7 Å². The molecule has 4 N–H and O–H groups in total. The third kappa shape index (κ3) is 1.86. The number of hydrogen-bond donors (Lipinski definition) is 3. The predicted molar refractivity (Wildman–Crippen MR) is 58.7 cm³/mol. The highest BCUT2D eigenvalue weighted by atomic mass is 16.2. The molecule has 0 spiro atoms. The Morgan fingerprint density at radius 3 is 2.94 bits per heavy atom. The number of carbonyl (C=O) groups is 2. The van der Waals surface area contributed by atoms with E-state index in [-0.39, 0.29) is 11.8 Å². The molecule has 0 saturated carbocycles. The van der Waals surface area contributed by atoms with Crippen molar-refractivity contribution in [2.75, 3.05) is 19.3 Å². The number of anilines is 1. The number of rotatable bonds is 2. The molecule has 6 nitrogen and oxygen atoms in total. The van der Waals surface area contributed by atoms with E-state index in [2.05, 4.69) is 10.3 Å². The van der Waals surface area contributed by atoms with Crippen molar-refractivity contribution in [3.8, 4) is 0 Å². The first kappa shape index (κ1) is 10.5. The van der Waals surface area contributed by atoms with Crippen molar-refractivity contribution in [3.63, 3.8) is 0 Å². The van der Waals surface area contributed by atoms with Gasteiger partial charge in [-0.05, 0) is 12.5 Å². The van der Waals surface area contributed by atoms with Crippen LogP contribution in [0.15, 0.2) is 12.3 Å². The van der Waals surface area contributed by atoms with Crippen molar-refractivity contribution in [3.05, 3.63) is 18.0 Å². The number of nitrogens with zero attached hydrogens (tertiary/aromatic N) is 1. The zero-order valence-corrected chi connectivity index (χ0v) is 8.99. The number of aromatic amines is 1. The maximum Gasteiger partial charge on any atom is 0.268 e. The molecule has 0 aromatic carbocycles. The lowest BCUT2D eigenvalue weighted by Gasteiger charge is -2.11. The van der Waals surface area contributed by atoms with E-state index in [1.54, 1.807) is 18.0 Å². The van der Waals surface area contributed by atoms with Gasteiger partial charge in [-0.2, -0.15) is 0 Å². The van der Waals surface area contributed by atoms with E-state index in [1.807, 2.05) is 0 Å². The zero-order valence-electron chi connectivity index (χ0n) is 8.99. The molecule has 1 atom stereocenters. The fourth-order valence-electron chi connectivity index (χ4n) is 1.73. The Morgan fingerprint density at radius 1 is 1.69 bits per heavy atom. The lowest BCUT2D eigenvalue weighted by Crippen LogP contribution is -2.40. The molecule has 0 radical (unpaired) electrons. The van der Waals surface area contributed by atoms with Gasteiger partial charge < -0.3 is 20.9 Å². The van der Waals surface area contributed by atoms with E-state index >= 15 is 0 Å². The van der Waals surface area contributed by atoms with Crippen molar-refractivity contribution < 1.29 is 9.59 Å². The van der Waals surface area contributed by atoms with E-state index in [9.17, 15) is 9.59 Å². The lowest BCUT2D eigenvalue weighted by molar-refractivity contribution is -0.128. The molecule has 1 fully saturated rings. The summed E-state index contributed by atoms with van der Waals surface area (Å²) in [5.41, 5.74) is 6.36. The molecule has 6 heteroatoms. The number of aromatic nitrogens is 1. The Balaban J connectivity index is 2.01. The van der Waals surface area contributed by atoms with E-state index in [1.165, 1.54) is 6.20 Å². The van der Waals surface area contributed by atoms with Crippen molar-refractivity contribution >= 4 is 17.5 Å². The fraction of sp³-hybridized carbons (Fsp3) is 0.400. The summed E-state index contributed by atoms with van der Waals surface area (Å²) in [5.74, 6) is -0.349. The number of H-pyrrole nitrogens is 1. The third-order valence-corrected chi connectivity index (χ3v) is 2.68. The van der Waals surface area contributed by atoms with Crippen molar-refractivity contribution in [2.45, 2.75) is 12.5 Å². The van der Waals surface area contributed by atoms with Crippen LogP contribution in [-0.2, 0) is 4.79 Å². The Hall–Kier alpha value is -1.98. The highest BCUT2D eigenvalue weighted by Crippen LogP contribution is 2.10. The summed E-state index contributed by atoms with van der Waals surface area (Å²) in [6.07, 6.45) is 2.19. The molecule has 2 heterocycles. The maximum atomic E-state index is 11.7. The molecule has 2 rings (SSSR count). The monoisotopic (exact) mass is 222 g/mol. The van der Waals surface area contributed by atoms with Gasteiger partial charge in [-0.15, -0.1) is 0 Å². The highest BCUT2D eigenvalue weighted by molar-refractivity contribution is 5.97. The second-order valence-corrected chi connectivity index (χ2v) is 3.92. The lowest BCUT2D eigenvalue weighted by atomic mass is 10.2. The van der Waals surface area contributed by atoms with Crippen LogP contribution in [0.2, 0.25) is 0 Å². The molecule has 0 bridgehead atoms. The van der Waals surface area contributed by atoms with Crippen LogP contribution in [0.3, 0.4) is 0 Å². The van der Waals surface area contributed by atoms with Crippen molar-refractivity contribution in [1.82, 2.24) is 15.2 Å². The number of nitrogens with two attached hydrogens (primary N) is 1. The van der Waals surface area contributed by atoms with Gasteiger partial charge in [0.05, 0.1) is 0 Å². The Labute approximate surface area is 92.8 Å². The minimum absolute atomic E-state index is 0.0483. The van der Waals surface area contributed by atoms with Gasteiger partial charge in [-0.25, -0.2) is 0 Å². The van der Waals surface area contributed by atoms with Crippen molar-refractivity contribution in [1.29, 1.82) is 0 Å². The average molecular weight is 222 g/mol. The van der Waals surface area contributed by atoms with Crippen LogP contribution in [0.5, 0.6) is 0 Å². The van der Waals surface area contributed by atoms with Crippen LogP contribution >= 0.6 is 0 Å². The van der Waals surface area contributed by atoms with Gasteiger partial charge in [0.25, 0.3) is 5.91 Å². The first-order chi connectivity index (χ1) is 7.58. The highest BCUT2D eigenvalue weighted by Gasteiger charge is 2.30. The molecule has 1 unspecified atom stereocenters. The molecule has 0 aliphatic carbocycles. The molecule has 1 saturated heterocycles. The first-order valence-electron chi connectivity index (χ1n) is 5.07. The predicted octanol–water partition coefficient (Wildman–Crippen LogP) is -0.443. The molecule has 1 aromatic rings. The number of hydrogen-bond acceptors (Lipinski definition) is 3. The van der Waals surface area contributed by atoms with Crippen LogP contribution in [0.4, 0.5) is 5.69 Å². The largest absolute Gasteiger partial charge is 0.397 e. The molecule has 1 aliphatic heterocycles. The molecule has 2 amide bonds. The summed E-state index contributed by atoms with van der Waals surface area (Å²) in [7, 11) is 1.72. The Morgan fingerprint density at radius 2 is 2.44 bits per heavy atom. The SMILES string of the molecule is CN1CCC(NC(=O)c2cc(N)c[nH]2)C1=O. The van der Waals surface area contributed by atoms with Crippen molar-refractivity contribution in [2.24, 2.45) is 0 Å². The van der Waals surface area contributed by atoms with E-state index in [4.69, 9.17) is 5.73 Å². The topological polar surface area (TPSA) is 91.2 Å². The van der Waals surface area contributed by atoms with E-state index in [0.29, 0.717) is 24.3 Å². The van der Waals surface area contributed by atoms with E-state index < -0.39 is 6.04 Å². The molecular formula is C10H14N4O2. The normalized spacial score (nSPS) is 20.2. The standard InChI is InChI=1S/C10H14N4O2/c1-14-3-2-7(10(14)16)13-9(15)8-4-6(11)5-12-8/h4-5,7,12H,2-3,11H2,1H3,(H,13,15). The van der Waals surface area contributed by atoms with Gasteiger partial charge in [0.2, 0.25) is 5.91 Å². The van der Waals surface area contributed by atoms with Gasteiger partial charge in [-0.1, -0.05) is 0 Å². The molecular weight excluding hydrogens is 208 g/mol. The summed E-state index contributed by atoms with van der Waals surface area (Å²) in [6, 6.07) is 1.13. The molecule has 16 heavy (non-hydrogen) atoms. The summed E-state index contributed by atoms with van der Waals surface area (Å²) >= 11 is 0. The maximum absolute atomic E-state index is 11.7. The van der Waals surface area contributed by atoms with E-state index in [0.717, 1.165) is 0 Å². The van der Waals surface area contributed by atoms with Crippen LogP contribution < -0.4 is 11.1 Å². The number of nitrogens with one attached hydrogen (secondary N) is 2. The summed E-state index contributed by atoms with van der Waals surface area (Å²) < 4.78 is 0.